The molecule has 1 amide bonds. The van der Waals surface area contributed by atoms with Crippen LogP contribution < -0.4 is 5.32 Å². The molecule has 7 heteroatoms. The normalized spacial score (nSPS) is 19.4. The van der Waals surface area contributed by atoms with Gasteiger partial charge in [0.15, 0.2) is 0 Å². The number of hydrogen-bond donors (Lipinski definition) is 1. The number of aromatic nitrogens is 1. The van der Waals surface area contributed by atoms with Gasteiger partial charge in [0.2, 0.25) is 0 Å². The fraction of sp³-hybridized carbons (Fsp3) is 0.500. The third-order valence-electron chi connectivity index (χ3n) is 3.04. The SMILES string of the molecule is COC(=O)NC1CCN(Cc2nc(Cl)ccc2Cl)C1. The van der Waals surface area contributed by atoms with Crippen LogP contribution in [0.4, 0.5) is 4.79 Å². The van der Waals surface area contributed by atoms with Gasteiger partial charge in [-0.15, -0.1) is 0 Å². The molecule has 1 N–H and O–H groups in total. The highest BCUT2D eigenvalue weighted by Crippen LogP contribution is 2.20. The lowest BCUT2D eigenvalue weighted by atomic mass is 10.3. The second-order valence-electron chi connectivity index (χ2n) is 4.42. The number of likely N-dealkylation sites (tertiary alicyclic amines) is 1. The first-order valence-electron chi connectivity index (χ1n) is 5.96. The van der Waals surface area contributed by atoms with Crippen molar-refractivity contribution >= 4 is 29.3 Å². The Labute approximate surface area is 121 Å². The van der Waals surface area contributed by atoms with E-state index in [-0.39, 0.29) is 6.04 Å². The van der Waals surface area contributed by atoms with Gasteiger partial charge in [-0.3, -0.25) is 4.90 Å². The number of carbonyl (C=O) groups is 1. The standard InChI is InChI=1S/C12H15Cl2N3O2/c1-19-12(18)15-8-4-5-17(6-8)7-10-9(13)2-3-11(14)16-10/h2-3,8H,4-7H2,1H3,(H,15,18). The van der Waals surface area contributed by atoms with E-state index in [4.69, 9.17) is 23.2 Å². The van der Waals surface area contributed by atoms with Gasteiger partial charge in [-0.1, -0.05) is 23.2 Å². The zero-order chi connectivity index (χ0) is 13.8. The molecule has 1 atom stereocenters. The number of amides is 1. The van der Waals surface area contributed by atoms with Crippen molar-refractivity contribution in [2.75, 3.05) is 20.2 Å². The first-order valence-corrected chi connectivity index (χ1v) is 6.72. The fourth-order valence-electron chi connectivity index (χ4n) is 2.10. The topological polar surface area (TPSA) is 54.5 Å². The van der Waals surface area contributed by atoms with Crippen molar-refractivity contribution in [3.63, 3.8) is 0 Å². The maximum atomic E-state index is 11.1. The van der Waals surface area contributed by atoms with E-state index in [1.165, 1.54) is 7.11 Å². The van der Waals surface area contributed by atoms with Crippen LogP contribution in [0.25, 0.3) is 0 Å². The number of methoxy groups -OCH3 is 1. The summed E-state index contributed by atoms with van der Waals surface area (Å²) in [5.74, 6) is 0. The molecule has 1 fully saturated rings. The van der Waals surface area contributed by atoms with Gasteiger partial charge in [0.25, 0.3) is 0 Å². The van der Waals surface area contributed by atoms with Crippen LogP contribution in [-0.2, 0) is 11.3 Å². The molecule has 19 heavy (non-hydrogen) atoms. The molecular formula is C12H15Cl2N3O2. The average Bonchev–Trinajstić information content (AvgIpc) is 2.81. The molecule has 1 aliphatic heterocycles. The van der Waals surface area contributed by atoms with Crippen LogP contribution in [0.5, 0.6) is 0 Å². The van der Waals surface area contributed by atoms with Crippen molar-refractivity contribution in [3.8, 4) is 0 Å². The Morgan fingerprint density at radius 3 is 3.11 bits per heavy atom. The number of halogens is 2. The van der Waals surface area contributed by atoms with Gasteiger partial charge in [-0.25, -0.2) is 9.78 Å². The lowest BCUT2D eigenvalue weighted by Crippen LogP contribution is -2.36. The summed E-state index contributed by atoms with van der Waals surface area (Å²) < 4.78 is 4.58. The molecule has 1 saturated heterocycles. The molecule has 0 aliphatic carbocycles. The molecule has 0 bridgehead atoms. The van der Waals surface area contributed by atoms with Crippen LogP contribution in [0.1, 0.15) is 12.1 Å². The van der Waals surface area contributed by atoms with Gasteiger partial charge in [-0.2, -0.15) is 0 Å². The highest BCUT2D eigenvalue weighted by molar-refractivity contribution is 6.32. The lowest BCUT2D eigenvalue weighted by Gasteiger charge is -2.16. The zero-order valence-electron chi connectivity index (χ0n) is 10.5. The number of ether oxygens (including phenoxy) is 1. The zero-order valence-corrected chi connectivity index (χ0v) is 12.0. The van der Waals surface area contributed by atoms with Crippen LogP contribution >= 0.6 is 23.2 Å². The summed E-state index contributed by atoms with van der Waals surface area (Å²) in [6.45, 7) is 2.25. The number of carbonyl (C=O) groups excluding carboxylic acids is 1. The molecule has 0 radical (unpaired) electrons. The van der Waals surface area contributed by atoms with Crippen molar-refractivity contribution in [1.82, 2.24) is 15.2 Å². The number of pyridine rings is 1. The molecule has 1 unspecified atom stereocenters. The van der Waals surface area contributed by atoms with Gasteiger partial charge < -0.3 is 10.1 Å². The Balaban J connectivity index is 1.91. The van der Waals surface area contributed by atoms with Crippen molar-refractivity contribution in [1.29, 1.82) is 0 Å². The van der Waals surface area contributed by atoms with Crippen LogP contribution in [-0.4, -0.2) is 42.2 Å². The van der Waals surface area contributed by atoms with E-state index >= 15 is 0 Å². The Hall–Kier alpha value is -1.04. The Bertz CT molecular complexity index is 470. The molecule has 2 heterocycles. The average molecular weight is 304 g/mol. The molecule has 104 valence electrons. The third kappa shape index (κ3) is 3.96. The highest BCUT2D eigenvalue weighted by Gasteiger charge is 2.24. The minimum Gasteiger partial charge on any atom is -0.453 e. The lowest BCUT2D eigenvalue weighted by molar-refractivity contribution is 0.166. The minimum atomic E-state index is -0.397. The number of rotatable bonds is 3. The molecule has 5 nitrogen and oxygen atoms in total. The molecule has 1 aromatic heterocycles. The molecule has 1 aromatic rings. The number of nitrogens with one attached hydrogen (secondary N) is 1. The number of nitrogens with zero attached hydrogens (tertiary/aromatic N) is 2. The predicted octanol–water partition coefficient (Wildman–Crippen LogP) is 2.32. The highest BCUT2D eigenvalue weighted by atomic mass is 35.5. The second kappa shape index (κ2) is 6.41. The summed E-state index contributed by atoms with van der Waals surface area (Å²) >= 11 is 11.9. The predicted molar refractivity (Wildman–Crippen MR) is 73.5 cm³/mol. The van der Waals surface area contributed by atoms with E-state index in [1.54, 1.807) is 12.1 Å². The quantitative estimate of drug-likeness (QED) is 0.871. The molecule has 2 rings (SSSR count). The summed E-state index contributed by atoms with van der Waals surface area (Å²) in [5.41, 5.74) is 0.757. The fourth-order valence-corrected chi connectivity index (χ4v) is 2.43. The minimum absolute atomic E-state index is 0.102. The maximum Gasteiger partial charge on any atom is 0.407 e. The van der Waals surface area contributed by atoms with E-state index in [0.29, 0.717) is 16.7 Å². The van der Waals surface area contributed by atoms with Crippen LogP contribution in [0.2, 0.25) is 10.2 Å². The van der Waals surface area contributed by atoms with Crippen molar-refractivity contribution in [3.05, 3.63) is 28.0 Å². The molecule has 0 aromatic carbocycles. The summed E-state index contributed by atoms with van der Waals surface area (Å²) in [5, 5.41) is 3.83. The number of hydrogen-bond acceptors (Lipinski definition) is 4. The van der Waals surface area contributed by atoms with Gasteiger partial charge in [0.05, 0.1) is 17.8 Å². The maximum absolute atomic E-state index is 11.1. The van der Waals surface area contributed by atoms with Gasteiger partial charge in [0, 0.05) is 25.7 Å². The van der Waals surface area contributed by atoms with Crippen LogP contribution in [0.3, 0.4) is 0 Å². The van der Waals surface area contributed by atoms with E-state index in [1.807, 2.05) is 0 Å². The van der Waals surface area contributed by atoms with E-state index in [0.717, 1.165) is 25.2 Å². The van der Waals surface area contributed by atoms with Crippen LogP contribution in [0.15, 0.2) is 12.1 Å². The molecule has 0 saturated carbocycles. The summed E-state index contributed by atoms with van der Waals surface area (Å²) in [6.07, 6.45) is 0.485. The summed E-state index contributed by atoms with van der Waals surface area (Å²) in [4.78, 5) is 17.5. The molecule has 1 aliphatic rings. The summed E-state index contributed by atoms with van der Waals surface area (Å²) in [7, 11) is 1.36. The second-order valence-corrected chi connectivity index (χ2v) is 5.21. The van der Waals surface area contributed by atoms with Gasteiger partial charge in [0.1, 0.15) is 5.15 Å². The first-order chi connectivity index (χ1) is 9.08. The smallest absolute Gasteiger partial charge is 0.407 e. The summed E-state index contributed by atoms with van der Waals surface area (Å²) in [6, 6.07) is 3.51. The largest absolute Gasteiger partial charge is 0.453 e. The number of alkyl carbamates (subject to hydrolysis) is 1. The van der Waals surface area contributed by atoms with E-state index in [2.05, 4.69) is 19.9 Å². The Kier molecular flexibility index (Phi) is 4.85. The van der Waals surface area contributed by atoms with Crippen molar-refractivity contribution < 1.29 is 9.53 Å². The van der Waals surface area contributed by atoms with E-state index in [9.17, 15) is 4.79 Å². The van der Waals surface area contributed by atoms with Crippen LogP contribution in [0, 0.1) is 0 Å². The monoisotopic (exact) mass is 303 g/mol. The van der Waals surface area contributed by atoms with Gasteiger partial charge >= 0.3 is 6.09 Å². The van der Waals surface area contributed by atoms with E-state index < -0.39 is 6.09 Å². The first kappa shape index (κ1) is 14.4. The molecular weight excluding hydrogens is 289 g/mol. The molecule has 0 spiro atoms. The Morgan fingerprint density at radius 1 is 1.58 bits per heavy atom. The third-order valence-corrected chi connectivity index (χ3v) is 3.59. The van der Waals surface area contributed by atoms with Gasteiger partial charge in [-0.05, 0) is 18.6 Å². The van der Waals surface area contributed by atoms with Crippen molar-refractivity contribution in [2.24, 2.45) is 0 Å². The Morgan fingerprint density at radius 2 is 2.37 bits per heavy atom. The van der Waals surface area contributed by atoms with Crippen molar-refractivity contribution in [2.45, 2.75) is 19.0 Å².